The first-order chi connectivity index (χ1) is 8.45. The van der Waals surface area contributed by atoms with E-state index in [1.165, 1.54) is 25.7 Å². The number of carbonyl (C=O) groups excluding carboxylic acids is 1. The Bertz CT molecular complexity index is 204. The molecule has 18 heavy (non-hydrogen) atoms. The van der Waals surface area contributed by atoms with Gasteiger partial charge in [0.15, 0.2) is 0 Å². The zero-order valence-electron chi connectivity index (χ0n) is 12.9. The van der Waals surface area contributed by atoms with Crippen LogP contribution in [-0.4, -0.2) is 12.6 Å². The van der Waals surface area contributed by atoms with Crippen molar-refractivity contribution in [1.29, 1.82) is 0 Å². The summed E-state index contributed by atoms with van der Waals surface area (Å²) in [4.78, 5) is 11.3. The second-order valence-electron chi connectivity index (χ2n) is 6.40. The van der Waals surface area contributed by atoms with E-state index in [9.17, 15) is 4.79 Å². The fraction of sp³-hybridized carbons (Fsp3) is 0.938. The van der Waals surface area contributed by atoms with Gasteiger partial charge in [-0.3, -0.25) is 4.79 Å². The van der Waals surface area contributed by atoms with E-state index in [0.717, 1.165) is 25.7 Å². The summed E-state index contributed by atoms with van der Waals surface area (Å²) in [5.41, 5.74) is 0.450. The van der Waals surface area contributed by atoms with Crippen molar-refractivity contribution in [2.45, 2.75) is 85.5 Å². The van der Waals surface area contributed by atoms with Gasteiger partial charge in [-0.15, -0.1) is 0 Å². The monoisotopic (exact) mass is 256 g/mol. The van der Waals surface area contributed by atoms with Crippen molar-refractivity contribution in [3.8, 4) is 0 Å². The molecule has 0 bridgehead atoms. The van der Waals surface area contributed by atoms with Crippen LogP contribution in [0.15, 0.2) is 0 Å². The SMILES string of the molecule is CCCCCC(=O)OCCCCCCC(C)(C)C. The van der Waals surface area contributed by atoms with Crippen molar-refractivity contribution >= 4 is 5.97 Å². The van der Waals surface area contributed by atoms with Crippen LogP contribution in [0.5, 0.6) is 0 Å². The lowest BCUT2D eigenvalue weighted by Gasteiger charge is -2.17. The van der Waals surface area contributed by atoms with Crippen LogP contribution in [0.1, 0.15) is 85.5 Å². The first-order valence-electron chi connectivity index (χ1n) is 7.61. The molecule has 0 unspecified atom stereocenters. The molecule has 2 heteroatoms. The Labute approximate surface area is 113 Å². The van der Waals surface area contributed by atoms with Crippen molar-refractivity contribution in [1.82, 2.24) is 0 Å². The van der Waals surface area contributed by atoms with E-state index in [0.29, 0.717) is 18.4 Å². The molecular weight excluding hydrogens is 224 g/mol. The third-order valence-corrected chi connectivity index (χ3v) is 3.07. The van der Waals surface area contributed by atoms with Crippen LogP contribution in [0.4, 0.5) is 0 Å². The van der Waals surface area contributed by atoms with Gasteiger partial charge >= 0.3 is 5.97 Å². The fourth-order valence-electron chi connectivity index (χ4n) is 1.89. The molecule has 0 aromatic carbocycles. The van der Waals surface area contributed by atoms with E-state index in [-0.39, 0.29) is 5.97 Å². The Morgan fingerprint density at radius 1 is 0.944 bits per heavy atom. The van der Waals surface area contributed by atoms with Crippen LogP contribution < -0.4 is 0 Å². The van der Waals surface area contributed by atoms with Crippen molar-refractivity contribution < 1.29 is 9.53 Å². The fourth-order valence-corrected chi connectivity index (χ4v) is 1.89. The van der Waals surface area contributed by atoms with Crippen molar-refractivity contribution in [3.63, 3.8) is 0 Å². The van der Waals surface area contributed by atoms with Crippen molar-refractivity contribution in [2.24, 2.45) is 5.41 Å². The third-order valence-electron chi connectivity index (χ3n) is 3.07. The van der Waals surface area contributed by atoms with Gasteiger partial charge in [-0.25, -0.2) is 0 Å². The molecule has 0 aromatic rings. The first kappa shape index (κ1) is 17.5. The summed E-state index contributed by atoms with van der Waals surface area (Å²) in [6.07, 6.45) is 9.87. The molecule has 0 fully saturated rings. The van der Waals surface area contributed by atoms with Gasteiger partial charge in [0, 0.05) is 6.42 Å². The summed E-state index contributed by atoms with van der Waals surface area (Å²) in [6.45, 7) is 9.60. The number of rotatable bonds is 10. The van der Waals surface area contributed by atoms with Gasteiger partial charge in [0.05, 0.1) is 6.61 Å². The second kappa shape index (κ2) is 10.4. The highest BCUT2D eigenvalue weighted by molar-refractivity contribution is 5.69. The Hall–Kier alpha value is -0.530. The Kier molecular flexibility index (Phi) is 10.1. The van der Waals surface area contributed by atoms with E-state index in [4.69, 9.17) is 4.74 Å². The quantitative estimate of drug-likeness (QED) is 0.401. The number of ether oxygens (including phenoxy) is 1. The van der Waals surface area contributed by atoms with E-state index < -0.39 is 0 Å². The molecule has 0 aliphatic heterocycles. The number of hydrogen-bond donors (Lipinski definition) is 0. The Morgan fingerprint density at radius 2 is 1.61 bits per heavy atom. The zero-order valence-corrected chi connectivity index (χ0v) is 12.9. The number of esters is 1. The zero-order chi connectivity index (χ0) is 13.9. The van der Waals surface area contributed by atoms with Crippen molar-refractivity contribution in [3.05, 3.63) is 0 Å². The van der Waals surface area contributed by atoms with Crippen LogP contribution in [0.3, 0.4) is 0 Å². The van der Waals surface area contributed by atoms with Crippen LogP contribution >= 0.6 is 0 Å². The molecular formula is C16H32O2. The molecule has 0 saturated heterocycles. The highest BCUT2D eigenvalue weighted by Gasteiger charge is 2.08. The van der Waals surface area contributed by atoms with Crippen LogP contribution in [0.2, 0.25) is 0 Å². The van der Waals surface area contributed by atoms with Gasteiger partial charge in [-0.1, -0.05) is 59.8 Å². The predicted molar refractivity (Wildman–Crippen MR) is 77.6 cm³/mol. The molecule has 0 aromatic heterocycles. The summed E-state index contributed by atoms with van der Waals surface area (Å²) in [6, 6.07) is 0. The maximum absolute atomic E-state index is 11.3. The molecule has 0 saturated carbocycles. The molecule has 0 amide bonds. The van der Waals surface area contributed by atoms with Gasteiger partial charge in [0.2, 0.25) is 0 Å². The summed E-state index contributed by atoms with van der Waals surface area (Å²) < 4.78 is 5.20. The number of unbranched alkanes of at least 4 members (excludes halogenated alkanes) is 5. The van der Waals surface area contributed by atoms with E-state index in [1.807, 2.05) is 0 Å². The molecule has 0 aliphatic rings. The lowest BCUT2D eigenvalue weighted by molar-refractivity contribution is -0.143. The van der Waals surface area contributed by atoms with Crippen LogP contribution in [-0.2, 0) is 9.53 Å². The summed E-state index contributed by atoms with van der Waals surface area (Å²) in [7, 11) is 0. The molecule has 108 valence electrons. The van der Waals surface area contributed by atoms with Crippen molar-refractivity contribution in [2.75, 3.05) is 6.61 Å². The normalized spacial score (nSPS) is 11.6. The third kappa shape index (κ3) is 13.5. The van der Waals surface area contributed by atoms with Gasteiger partial charge in [-0.2, -0.15) is 0 Å². The summed E-state index contributed by atoms with van der Waals surface area (Å²) in [5, 5.41) is 0. The highest BCUT2D eigenvalue weighted by atomic mass is 16.5. The molecule has 0 aliphatic carbocycles. The molecule has 0 rings (SSSR count). The number of carbonyl (C=O) groups is 1. The molecule has 0 atom stereocenters. The molecule has 2 nitrogen and oxygen atoms in total. The molecule has 0 N–H and O–H groups in total. The van der Waals surface area contributed by atoms with Crippen LogP contribution in [0, 0.1) is 5.41 Å². The predicted octanol–water partition coefficient (Wildman–Crippen LogP) is 5.11. The lowest BCUT2D eigenvalue weighted by atomic mass is 9.89. The van der Waals surface area contributed by atoms with Gasteiger partial charge in [0.25, 0.3) is 0 Å². The van der Waals surface area contributed by atoms with Gasteiger partial charge in [-0.05, 0) is 24.7 Å². The first-order valence-corrected chi connectivity index (χ1v) is 7.61. The largest absolute Gasteiger partial charge is 0.466 e. The maximum Gasteiger partial charge on any atom is 0.305 e. The highest BCUT2D eigenvalue weighted by Crippen LogP contribution is 2.22. The van der Waals surface area contributed by atoms with E-state index >= 15 is 0 Å². The molecule has 0 radical (unpaired) electrons. The smallest absolute Gasteiger partial charge is 0.305 e. The Morgan fingerprint density at radius 3 is 2.22 bits per heavy atom. The minimum absolute atomic E-state index is 0.0156. The minimum atomic E-state index is -0.0156. The second-order valence-corrected chi connectivity index (χ2v) is 6.40. The van der Waals surface area contributed by atoms with Crippen LogP contribution in [0.25, 0.3) is 0 Å². The lowest BCUT2D eigenvalue weighted by Crippen LogP contribution is -2.06. The van der Waals surface area contributed by atoms with Gasteiger partial charge in [0.1, 0.15) is 0 Å². The molecule has 0 heterocycles. The Balaban J connectivity index is 3.22. The summed E-state index contributed by atoms with van der Waals surface area (Å²) >= 11 is 0. The average Bonchev–Trinajstić information content (AvgIpc) is 2.26. The number of hydrogen-bond acceptors (Lipinski definition) is 2. The van der Waals surface area contributed by atoms with Gasteiger partial charge < -0.3 is 4.74 Å². The minimum Gasteiger partial charge on any atom is -0.466 e. The van der Waals surface area contributed by atoms with E-state index in [1.54, 1.807) is 0 Å². The average molecular weight is 256 g/mol. The topological polar surface area (TPSA) is 26.3 Å². The maximum atomic E-state index is 11.3. The molecule has 0 spiro atoms. The van der Waals surface area contributed by atoms with E-state index in [2.05, 4.69) is 27.7 Å². The summed E-state index contributed by atoms with van der Waals surface area (Å²) in [5.74, 6) is -0.0156. The standard InChI is InChI=1S/C16H32O2/c1-5-6-9-12-15(17)18-14-11-8-7-10-13-16(2,3)4/h5-14H2,1-4H3.